The van der Waals surface area contributed by atoms with Gasteiger partial charge in [-0.3, -0.25) is 9.59 Å². The molecule has 0 aliphatic carbocycles. The highest BCUT2D eigenvalue weighted by Crippen LogP contribution is 2.23. The van der Waals surface area contributed by atoms with Crippen molar-refractivity contribution < 1.29 is 19.4 Å². The van der Waals surface area contributed by atoms with Crippen LogP contribution in [0.4, 0.5) is 0 Å². The number of ether oxygens (including phenoxy) is 1. The second-order valence-electron chi connectivity index (χ2n) is 8.98. The second-order valence-corrected chi connectivity index (χ2v) is 9.79. The van der Waals surface area contributed by atoms with E-state index in [1.54, 1.807) is 36.3 Å². The van der Waals surface area contributed by atoms with E-state index >= 15 is 0 Å². The van der Waals surface area contributed by atoms with Gasteiger partial charge in [-0.25, -0.2) is 0 Å². The molecule has 2 aliphatic heterocycles. The Kier molecular flexibility index (Phi) is 10.7. The summed E-state index contributed by atoms with van der Waals surface area (Å²) >= 11 is 12.0. The van der Waals surface area contributed by atoms with Gasteiger partial charge in [-0.1, -0.05) is 29.3 Å². The number of piperidine rings is 1. The molecule has 2 heterocycles. The zero-order valence-corrected chi connectivity index (χ0v) is 21.3. The second kappa shape index (κ2) is 13.4. The minimum atomic E-state index is -0.111. The van der Waals surface area contributed by atoms with Crippen molar-refractivity contribution in [2.75, 3.05) is 59.5 Å². The summed E-state index contributed by atoms with van der Waals surface area (Å²) in [6.45, 7) is 5.17. The van der Waals surface area contributed by atoms with Gasteiger partial charge in [-0.15, -0.1) is 0 Å². The number of hydrogen-bond acceptors (Lipinski definition) is 5. The van der Waals surface area contributed by atoms with Crippen LogP contribution in [0, 0.1) is 5.92 Å². The number of amides is 2. The van der Waals surface area contributed by atoms with Crippen LogP contribution >= 0.6 is 23.2 Å². The lowest BCUT2D eigenvalue weighted by Gasteiger charge is -2.37. The first-order valence-electron chi connectivity index (χ1n) is 12.0. The highest BCUT2D eigenvalue weighted by Gasteiger charge is 2.28. The molecule has 0 saturated carbocycles. The average molecular weight is 512 g/mol. The largest absolute Gasteiger partial charge is 0.396 e. The van der Waals surface area contributed by atoms with Gasteiger partial charge in [-0.2, -0.15) is 0 Å². The van der Waals surface area contributed by atoms with Gasteiger partial charge < -0.3 is 24.5 Å². The molecule has 34 heavy (non-hydrogen) atoms. The molecule has 2 fully saturated rings. The first-order valence-corrected chi connectivity index (χ1v) is 12.7. The molecule has 188 valence electrons. The van der Waals surface area contributed by atoms with E-state index in [9.17, 15) is 14.7 Å². The lowest BCUT2D eigenvalue weighted by Crippen LogP contribution is -2.46. The Hall–Kier alpha value is -1.64. The number of likely N-dealkylation sites (tertiary alicyclic amines) is 1. The average Bonchev–Trinajstić information content (AvgIpc) is 3.03. The molecule has 2 saturated heterocycles. The molecular formula is C25H35Cl2N3O4. The van der Waals surface area contributed by atoms with Crippen LogP contribution in [0.25, 0.3) is 6.08 Å². The highest BCUT2D eigenvalue weighted by molar-refractivity contribution is 6.42. The van der Waals surface area contributed by atoms with Gasteiger partial charge in [0.15, 0.2) is 0 Å². The lowest BCUT2D eigenvalue weighted by molar-refractivity contribution is -0.130. The van der Waals surface area contributed by atoms with E-state index in [1.807, 2.05) is 4.90 Å². The van der Waals surface area contributed by atoms with Crippen LogP contribution in [0.2, 0.25) is 10.0 Å². The zero-order chi connectivity index (χ0) is 24.5. The van der Waals surface area contributed by atoms with Gasteiger partial charge in [-0.05, 0) is 56.1 Å². The van der Waals surface area contributed by atoms with Gasteiger partial charge in [0.05, 0.1) is 16.1 Å². The van der Waals surface area contributed by atoms with Gasteiger partial charge in [0.2, 0.25) is 11.8 Å². The lowest BCUT2D eigenvalue weighted by atomic mass is 9.94. The third kappa shape index (κ3) is 7.68. The van der Waals surface area contributed by atoms with Crippen molar-refractivity contribution in [2.45, 2.75) is 31.8 Å². The van der Waals surface area contributed by atoms with Gasteiger partial charge in [0, 0.05) is 64.9 Å². The van der Waals surface area contributed by atoms with Crippen molar-refractivity contribution in [3.05, 3.63) is 39.9 Å². The molecule has 1 aromatic rings. The van der Waals surface area contributed by atoms with E-state index < -0.39 is 0 Å². The summed E-state index contributed by atoms with van der Waals surface area (Å²) in [7, 11) is 1.71. The number of methoxy groups -OCH3 is 1. The molecule has 1 N–H and O–H groups in total. The monoisotopic (exact) mass is 511 g/mol. The molecule has 9 heteroatoms. The molecule has 7 nitrogen and oxygen atoms in total. The van der Waals surface area contributed by atoms with Crippen LogP contribution in [0.1, 0.15) is 31.2 Å². The normalized spacial score (nSPS) is 22.4. The fourth-order valence-corrected chi connectivity index (χ4v) is 4.87. The summed E-state index contributed by atoms with van der Waals surface area (Å²) in [6, 6.07) is 5.21. The summed E-state index contributed by atoms with van der Waals surface area (Å²) in [6.07, 6.45) is 6.53. The number of nitrogens with zero attached hydrogens (tertiary/aromatic N) is 3. The molecule has 0 bridgehead atoms. The van der Waals surface area contributed by atoms with Crippen LogP contribution < -0.4 is 0 Å². The Morgan fingerprint density at radius 3 is 2.68 bits per heavy atom. The summed E-state index contributed by atoms with van der Waals surface area (Å²) in [4.78, 5) is 31.2. The number of hydrogen-bond donors (Lipinski definition) is 1. The van der Waals surface area contributed by atoms with E-state index in [-0.39, 0.29) is 30.4 Å². The fraction of sp³-hybridized carbons (Fsp3) is 0.600. The molecule has 0 spiro atoms. The van der Waals surface area contributed by atoms with Crippen LogP contribution in [0.5, 0.6) is 0 Å². The molecule has 1 aromatic carbocycles. The van der Waals surface area contributed by atoms with Crippen LogP contribution in [-0.4, -0.2) is 97.3 Å². The summed E-state index contributed by atoms with van der Waals surface area (Å²) in [5.41, 5.74) is 0.799. The molecule has 2 aliphatic rings. The van der Waals surface area contributed by atoms with Gasteiger partial charge in [0.25, 0.3) is 0 Å². The Morgan fingerprint density at radius 2 is 1.94 bits per heavy atom. The predicted octanol–water partition coefficient (Wildman–Crippen LogP) is 3.18. The maximum atomic E-state index is 12.6. The number of carbonyl (C=O) groups excluding carboxylic acids is 2. The quantitative estimate of drug-likeness (QED) is 0.407. The molecular weight excluding hydrogens is 477 g/mol. The van der Waals surface area contributed by atoms with Crippen molar-refractivity contribution >= 4 is 41.1 Å². The minimum absolute atomic E-state index is 0.0835. The third-order valence-corrected chi connectivity index (χ3v) is 7.47. The molecule has 0 aromatic heterocycles. The summed E-state index contributed by atoms with van der Waals surface area (Å²) in [5.74, 6) is 0.215. The smallest absolute Gasteiger partial charge is 0.246 e. The van der Waals surface area contributed by atoms with Crippen molar-refractivity contribution in [1.29, 1.82) is 0 Å². The predicted molar refractivity (Wildman–Crippen MR) is 135 cm³/mol. The van der Waals surface area contributed by atoms with Crippen molar-refractivity contribution in [3.63, 3.8) is 0 Å². The third-order valence-electron chi connectivity index (χ3n) is 6.73. The maximum Gasteiger partial charge on any atom is 0.246 e. The number of unbranched alkanes of at least 4 members (excludes halogenated alkanes) is 1. The first kappa shape index (κ1) is 27.0. The Balaban J connectivity index is 1.40. The topological polar surface area (TPSA) is 73.3 Å². The molecule has 0 radical (unpaired) electrons. The Bertz CT molecular complexity index is 867. The summed E-state index contributed by atoms with van der Waals surface area (Å²) < 4.78 is 5.53. The maximum absolute atomic E-state index is 12.6. The number of aliphatic hydroxyl groups excluding tert-OH is 1. The number of carbonyl (C=O) groups is 2. The number of benzene rings is 1. The standard InChI is InChI=1S/C25H35Cl2N3O4/c1-34-23-17-28(12-8-20(23)18-31)10-2-3-11-29-14-15-30(13-9-25(29)33)24(32)7-5-19-4-6-21(26)22(27)16-19/h4-7,16,20,23,31H,2-3,8-15,17-18H2,1H3/t20-,23-/m0/s1. The Morgan fingerprint density at radius 1 is 1.15 bits per heavy atom. The Labute approximate surface area is 212 Å². The van der Waals surface area contributed by atoms with Crippen molar-refractivity contribution in [1.82, 2.24) is 14.7 Å². The van der Waals surface area contributed by atoms with E-state index in [0.717, 1.165) is 44.5 Å². The SMILES string of the molecule is CO[C@H]1CN(CCCCN2CCN(C(=O)C=Cc3ccc(Cl)c(Cl)c3)CCC2=O)CC[C@H]1CO. The molecule has 0 unspecified atom stereocenters. The van der Waals surface area contributed by atoms with Crippen LogP contribution in [0.15, 0.2) is 24.3 Å². The van der Waals surface area contributed by atoms with E-state index in [2.05, 4.69) is 4.90 Å². The van der Waals surface area contributed by atoms with Gasteiger partial charge in [0.1, 0.15) is 0 Å². The van der Waals surface area contributed by atoms with E-state index in [0.29, 0.717) is 42.6 Å². The van der Waals surface area contributed by atoms with Crippen LogP contribution in [-0.2, 0) is 14.3 Å². The molecule has 2 amide bonds. The summed E-state index contributed by atoms with van der Waals surface area (Å²) in [5, 5.41) is 10.4. The highest BCUT2D eigenvalue weighted by atomic mass is 35.5. The zero-order valence-electron chi connectivity index (χ0n) is 19.8. The molecule has 2 atom stereocenters. The van der Waals surface area contributed by atoms with Crippen molar-refractivity contribution in [3.8, 4) is 0 Å². The van der Waals surface area contributed by atoms with Crippen molar-refractivity contribution in [2.24, 2.45) is 5.92 Å². The van der Waals surface area contributed by atoms with Crippen LogP contribution in [0.3, 0.4) is 0 Å². The number of aliphatic hydroxyl groups is 1. The van der Waals surface area contributed by atoms with Gasteiger partial charge >= 0.3 is 0 Å². The first-order chi connectivity index (χ1) is 16.4. The number of rotatable bonds is 9. The fourth-order valence-electron chi connectivity index (χ4n) is 4.56. The minimum Gasteiger partial charge on any atom is -0.396 e. The van der Waals surface area contributed by atoms with E-state index in [1.165, 1.54) is 6.08 Å². The number of halogens is 2. The molecule has 3 rings (SSSR count). The van der Waals surface area contributed by atoms with E-state index in [4.69, 9.17) is 27.9 Å².